The summed E-state index contributed by atoms with van der Waals surface area (Å²) in [5, 5.41) is 0. The fourth-order valence-electron chi connectivity index (χ4n) is 4.38. The van der Waals surface area contributed by atoms with Gasteiger partial charge in [-0.2, -0.15) is 0 Å². The fraction of sp³-hybridized carbons (Fsp3) is 1.00. The first-order valence-corrected chi connectivity index (χ1v) is 13.3. The first-order valence-electron chi connectivity index (χ1n) is 13.3. The van der Waals surface area contributed by atoms with Crippen molar-refractivity contribution in [3.63, 3.8) is 0 Å². The molecule has 0 aromatic rings. The van der Waals surface area contributed by atoms with Crippen LogP contribution in [0.15, 0.2) is 0 Å². The molecule has 0 unspecified atom stereocenters. The maximum absolute atomic E-state index is 6.04. The number of ether oxygens (including phenoxy) is 6. The quantitative estimate of drug-likeness (QED) is 0.374. The summed E-state index contributed by atoms with van der Waals surface area (Å²) in [5.74, 6) is 0. The van der Waals surface area contributed by atoms with Gasteiger partial charge in [0.1, 0.15) is 12.2 Å². The SMILES string of the molecule is CC(C)OC[C@@H]1O[C@H](C)C(C)(C)[C@@H]1OC(C)C.CC(C)OC[C@H]1O[C@H](C)C(C)(C)[C@H]1OC(C)C. The van der Waals surface area contributed by atoms with Crippen molar-refractivity contribution in [2.24, 2.45) is 10.8 Å². The van der Waals surface area contributed by atoms with Crippen LogP contribution in [0.2, 0.25) is 0 Å². The van der Waals surface area contributed by atoms with E-state index in [0.717, 1.165) is 0 Å². The Labute approximate surface area is 210 Å². The molecule has 2 fully saturated rings. The van der Waals surface area contributed by atoms with E-state index in [1.807, 2.05) is 27.7 Å². The molecule has 0 aromatic heterocycles. The molecular weight excluding hydrogens is 432 g/mol. The van der Waals surface area contributed by atoms with Crippen LogP contribution in [0.1, 0.15) is 96.9 Å². The molecule has 204 valence electrons. The molecule has 2 rings (SSSR count). The molecule has 0 bridgehead atoms. The highest BCUT2D eigenvalue weighted by Crippen LogP contribution is 2.41. The van der Waals surface area contributed by atoms with Crippen LogP contribution in [0.25, 0.3) is 0 Å². The summed E-state index contributed by atoms with van der Waals surface area (Å²) < 4.78 is 35.4. The molecule has 2 aliphatic rings. The molecule has 0 aliphatic carbocycles. The van der Waals surface area contributed by atoms with Gasteiger partial charge in [-0.05, 0) is 69.2 Å². The van der Waals surface area contributed by atoms with Crippen LogP contribution in [-0.2, 0) is 28.4 Å². The standard InChI is InChI=1S/2C14H28O3/c2*1-9(2)15-8-12-13(16-10(3)4)14(6,7)11(5)17-12/h2*9-13H,8H2,1-7H3/t11-,12+,13-;11-,12-,13+/m11/s1. The van der Waals surface area contributed by atoms with Gasteiger partial charge in [0.2, 0.25) is 0 Å². The summed E-state index contributed by atoms with van der Waals surface area (Å²) in [5.41, 5.74) is 0.0740. The van der Waals surface area contributed by atoms with Crippen LogP contribution in [-0.4, -0.2) is 74.3 Å². The molecule has 0 N–H and O–H groups in total. The Kier molecular flexibility index (Phi) is 12.5. The van der Waals surface area contributed by atoms with E-state index in [4.69, 9.17) is 28.4 Å². The molecule has 0 aromatic carbocycles. The van der Waals surface area contributed by atoms with Gasteiger partial charge < -0.3 is 28.4 Å². The van der Waals surface area contributed by atoms with Gasteiger partial charge in [-0.15, -0.1) is 0 Å². The molecule has 0 saturated carbocycles. The third-order valence-corrected chi connectivity index (χ3v) is 7.02. The smallest absolute Gasteiger partial charge is 0.108 e. The highest BCUT2D eigenvalue weighted by atomic mass is 16.6. The van der Waals surface area contributed by atoms with Crippen molar-refractivity contribution in [3.8, 4) is 0 Å². The summed E-state index contributed by atoms with van der Waals surface area (Å²) in [6, 6.07) is 0. The topological polar surface area (TPSA) is 55.4 Å². The van der Waals surface area contributed by atoms with Gasteiger partial charge in [0.15, 0.2) is 0 Å². The molecule has 2 saturated heterocycles. The molecular formula is C28H56O6. The van der Waals surface area contributed by atoms with Gasteiger partial charge in [0.05, 0.1) is 62.0 Å². The van der Waals surface area contributed by atoms with Gasteiger partial charge in [-0.1, -0.05) is 27.7 Å². The third kappa shape index (κ3) is 9.01. The average molecular weight is 489 g/mol. The van der Waals surface area contributed by atoms with E-state index in [9.17, 15) is 0 Å². The van der Waals surface area contributed by atoms with Crippen molar-refractivity contribution >= 4 is 0 Å². The van der Waals surface area contributed by atoms with Crippen molar-refractivity contribution in [3.05, 3.63) is 0 Å². The highest BCUT2D eigenvalue weighted by molar-refractivity contribution is 4.97. The van der Waals surface area contributed by atoms with Crippen molar-refractivity contribution in [2.75, 3.05) is 13.2 Å². The van der Waals surface area contributed by atoms with E-state index in [0.29, 0.717) is 13.2 Å². The van der Waals surface area contributed by atoms with E-state index >= 15 is 0 Å². The lowest BCUT2D eigenvalue weighted by atomic mass is 9.82. The third-order valence-electron chi connectivity index (χ3n) is 7.02. The van der Waals surface area contributed by atoms with Crippen LogP contribution in [0.4, 0.5) is 0 Å². The Hall–Kier alpha value is -0.240. The predicted octanol–water partition coefficient (Wildman–Crippen LogP) is 6.04. The minimum absolute atomic E-state index is 0.0370. The maximum atomic E-state index is 6.04. The van der Waals surface area contributed by atoms with Gasteiger partial charge in [-0.3, -0.25) is 0 Å². The van der Waals surface area contributed by atoms with Gasteiger partial charge in [0.25, 0.3) is 0 Å². The Morgan fingerprint density at radius 2 is 0.853 bits per heavy atom. The van der Waals surface area contributed by atoms with Crippen LogP contribution in [0, 0.1) is 10.8 Å². The van der Waals surface area contributed by atoms with Crippen LogP contribution in [0.5, 0.6) is 0 Å². The summed E-state index contributed by atoms with van der Waals surface area (Å²) in [7, 11) is 0. The van der Waals surface area contributed by atoms with Crippen molar-refractivity contribution in [1.82, 2.24) is 0 Å². The van der Waals surface area contributed by atoms with Crippen LogP contribution < -0.4 is 0 Å². The maximum Gasteiger partial charge on any atom is 0.108 e. The second-order valence-corrected chi connectivity index (χ2v) is 12.3. The van der Waals surface area contributed by atoms with Gasteiger partial charge in [0, 0.05) is 10.8 Å². The number of hydrogen-bond acceptors (Lipinski definition) is 6. The van der Waals surface area contributed by atoms with Crippen LogP contribution in [0.3, 0.4) is 0 Å². The zero-order valence-electron chi connectivity index (χ0n) is 24.6. The lowest BCUT2D eigenvalue weighted by molar-refractivity contribution is -0.0934. The lowest BCUT2D eigenvalue weighted by Gasteiger charge is -2.31. The molecule has 0 amide bonds. The summed E-state index contributed by atoms with van der Waals surface area (Å²) in [6.07, 6.45) is 1.61. The predicted molar refractivity (Wildman–Crippen MR) is 138 cm³/mol. The van der Waals surface area contributed by atoms with Gasteiger partial charge in [-0.25, -0.2) is 0 Å². The lowest BCUT2D eigenvalue weighted by Crippen LogP contribution is -2.40. The Morgan fingerprint density at radius 3 is 1.09 bits per heavy atom. The van der Waals surface area contributed by atoms with Crippen LogP contribution >= 0.6 is 0 Å². The molecule has 2 aliphatic heterocycles. The van der Waals surface area contributed by atoms with Crippen molar-refractivity contribution < 1.29 is 28.4 Å². The summed E-state index contributed by atoms with van der Waals surface area (Å²) in [4.78, 5) is 0. The minimum atomic E-state index is 0.0370. The van der Waals surface area contributed by atoms with Gasteiger partial charge >= 0.3 is 0 Å². The zero-order chi connectivity index (χ0) is 26.4. The van der Waals surface area contributed by atoms with E-state index < -0.39 is 0 Å². The molecule has 2 heterocycles. The molecule has 6 heteroatoms. The molecule has 6 nitrogen and oxygen atoms in total. The first-order chi connectivity index (χ1) is 15.5. The minimum Gasteiger partial charge on any atom is -0.376 e. The van der Waals surface area contributed by atoms with E-state index in [1.54, 1.807) is 0 Å². The molecule has 0 spiro atoms. The number of hydrogen-bond donors (Lipinski definition) is 0. The fourth-order valence-corrected chi connectivity index (χ4v) is 4.38. The second-order valence-electron chi connectivity index (χ2n) is 12.3. The average Bonchev–Trinajstić information content (AvgIpc) is 3.02. The number of rotatable bonds is 10. The molecule has 34 heavy (non-hydrogen) atoms. The van der Waals surface area contributed by atoms with E-state index in [2.05, 4.69) is 69.2 Å². The normalized spacial score (nSPS) is 32.6. The zero-order valence-corrected chi connectivity index (χ0v) is 24.6. The highest BCUT2D eigenvalue weighted by Gasteiger charge is 2.50. The first kappa shape index (κ1) is 31.8. The Balaban J connectivity index is 0.000000340. The molecule has 6 atom stereocenters. The molecule has 0 radical (unpaired) electrons. The Morgan fingerprint density at radius 1 is 0.559 bits per heavy atom. The van der Waals surface area contributed by atoms with Crippen molar-refractivity contribution in [2.45, 2.75) is 158 Å². The van der Waals surface area contributed by atoms with E-state index in [-0.39, 0.29) is 71.9 Å². The monoisotopic (exact) mass is 488 g/mol. The largest absolute Gasteiger partial charge is 0.376 e. The van der Waals surface area contributed by atoms with Crippen molar-refractivity contribution in [1.29, 1.82) is 0 Å². The summed E-state index contributed by atoms with van der Waals surface area (Å²) >= 11 is 0. The van der Waals surface area contributed by atoms with E-state index in [1.165, 1.54) is 0 Å². The Bertz CT molecular complexity index is 521. The summed E-state index contributed by atoms with van der Waals surface area (Å²) in [6.45, 7) is 30.7. The second kappa shape index (κ2) is 13.3.